The Morgan fingerprint density at radius 3 is 2.41 bits per heavy atom. The number of nitrogens with zero attached hydrogens (tertiary/aromatic N) is 6. The Bertz CT molecular complexity index is 1020. The van der Waals surface area contributed by atoms with E-state index in [1.165, 1.54) is 28.4 Å². The van der Waals surface area contributed by atoms with Gasteiger partial charge in [0.25, 0.3) is 5.69 Å². The first-order valence-electron chi connectivity index (χ1n) is 7.87. The van der Waals surface area contributed by atoms with Crippen LogP contribution in [0, 0.1) is 10.1 Å². The highest BCUT2D eigenvalue weighted by atomic mass is 32.1. The van der Waals surface area contributed by atoms with E-state index < -0.39 is 11.2 Å². The Kier molecular flexibility index (Phi) is 4.30. The summed E-state index contributed by atoms with van der Waals surface area (Å²) in [4.78, 5) is 15.4. The lowest BCUT2D eigenvalue weighted by Gasteiger charge is -2.35. The average molecular weight is 380 g/mol. The number of ether oxygens (including phenoxy) is 1. The Labute approximate surface area is 158 Å². The molecule has 1 aliphatic rings. The number of benzene rings is 2. The zero-order chi connectivity index (χ0) is 18.8. The normalized spacial score (nSPS) is 16.6. The first kappa shape index (κ1) is 16.8. The summed E-state index contributed by atoms with van der Waals surface area (Å²) in [5, 5.41) is 20.7. The van der Waals surface area contributed by atoms with E-state index in [4.69, 9.17) is 17.0 Å². The van der Waals surface area contributed by atoms with Gasteiger partial charge < -0.3 is 4.74 Å². The monoisotopic (exact) mass is 380 g/mol. The third-order valence-corrected chi connectivity index (χ3v) is 4.19. The highest BCUT2D eigenvalue weighted by Gasteiger charge is 2.36. The summed E-state index contributed by atoms with van der Waals surface area (Å²) in [5.41, 5.74) is 0.964. The number of aliphatic imine (C=N–C) groups is 1. The van der Waals surface area contributed by atoms with E-state index in [0.717, 1.165) is 0 Å². The van der Waals surface area contributed by atoms with Crippen molar-refractivity contribution in [3.8, 4) is 0 Å². The van der Waals surface area contributed by atoms with Gasteiger partial charge in [-0.3, -0.25) is 10.1 Å². The third kappa shape index (κ3) is 3.13. The number of para-hydroxylation sites is 1. The van der Waals surface area contributed by atoms with Crippen molar-refractivity contribution in [3.05, 3.63) is 88.5 Å². The van der Waals surface area contributed by atoms with Crippen molar-refractivity contribution >= 4 is 28.9 Å². The summed E-state index contributed by atoms with van der Waals surface area (Å²) in [6.07, 6.45) is 1.92. The molecule has 0 saturated carbocycles. The van der Waals surface area contributed by atoms with Gasteiger partial charge in [0.05, 0.1) is 10.5 Å². The fraction of sp³-hybridized carbons (Fsp3) is 0.0588. The third-order valence-electron chi connectivity index (χ3n) is 3.91. The lowest BCUT2D eigenvalue weighted by Crippen LogP contribution is -2.46. The zero-order valence-corrected chi connectivity index (χ0v) is 14.6. The number of nitro groups is 1. The molecule has 1 aromatic heterocycles. The number of hydrogen-bond donors (Lipinski definition) is 0. The molecule has 0 saturated heterocycles. The molecule has 0 radical (unpaired) electrons. The van der Waals surface area contributed by atoms with Crippen molar-refractivity contribution in [2.75, 3.05) is 5.01 Å². The summed E-state index contributed by atoms with van der Waals surface area (Å²) in [7, 11) is 0. The van der Waals surface area contributed by atoms with Gasteiger partial charge in [-0.2, -0.15) is 4.99 Å². The molecule has 0 aliphatic carbocycles. The summed E-state index contributed by atoms with van der Waals surface area (Å²) in [6, 6.07) is 15.5. The van der Waals surface area contributed by atoms with Crippen molar-refractivity contribution in [3.63, 3.8) is 0 Å². The first-order valence-corrected chi connectivity index (χ1v) is 8.28. The molecular weight excluding hydrogens is 368 g/mol. The lowest BCUT2D eigenvalue weighted by molar-refractivity contribution is -0.386. The molecule has 0 bridgehead atoms. The standard InChI is InChI=1S/C17H12N6O3S/c24-23(25)14-9-5-4-8-13(14)16-22(21-10-18-19-11-21)17(27)20-15(26-16)12-6-2-1-3-7-12/h1-11,16H. The molecule has 4 rings (SSSR count). The van der Waals surface area contributed by atoms with Gasteiger partial charge in [0, 0.05) is 11.6 Å². The Hall–Kier alpha value is -3.66. The topological polar surface area (TPSA) is 98.7 Å². The van der Waals surface area contributed by atoms with Crippen LogP contribution < -0.4 is 5.01 Å². The van der Waals surface area contributed by atoms with Crippen LogP contribution in [-0.4, -0.2) is 30.8 Å². The molecular formula is C17H12N6O3S. The molecule has 1 unspecified atom stereocenters. The summed E-state index contributed by atoms with van der Waals surface area (Å²) >= 11 is 5.45. The van der Waals surface area contributed by atoms with Gasteiger partial charge in [0.2, 0.25) is 17.2 Å². The summed E-state index contributed by atoms with van der Waals surface area (Å²) in [6.45, 7) is 0. The minimum absolute atomic E-state index is 0.0855. The van der Waals surface area contributed by atoms with Crippen LogP contribution in [0.5, 0.6) is 0 Å². The maximum atomic E-state index is 11.5. The van der Waals surface area contributed by atoms with E-state index >= 15 is 0 Å². The predicted octanol–water partition coefficient (Wildman–Crippen LogP) is 2.58. The quantitative estimate of drug-likeness (QED) is 0.390. The fourth-order valence-electron chi connectivity index (χ4n) is 2.72. The highest BCUT2D eigenvalue weighted by Crippen LogP contribution is 2.33. The SMILES string of the molecule is O=[N+]([O-])c1ccccc1C1OC(c2ccccc2)=NC(=S)N1n1cnnc1. The van der Waals surface area contributed by atoms with Gasteiger partial charge in [-0.1, -0.05) is 30.3 Å². The Morgan fingerprint density at radius 2 is 1.70 bits per heavy atom. The maximum absolute atomic E-state index is 11.5. The number of hydrogen-bond acceptors (Lipinski definition) is 6. The van der Waals surface area contributed by atoms with Gasteiger partial charge in [-0.05, 0) is 30.4 Å². The molecule has 2 heterocycles. The van der Waals surface area contributed by atoms with Crippen LogP contribution in [0.4, 0.5) is 5.69 Å². The van der Waals surface area contributed by atoms with Gasteiger partial charge in [-0.25, -0.2) is 9.69 Å². The molecule has 1 aliphatic heterocycles. The second-order valence-corrected chi connectivity index (χ2v) is 5.90. The van der Waals surface area contributed by atoms with Crippen molar-refractivity contribution in [2.24, 2.45) is 4.99 Å². The number of thiocarbonyl (C=S) groups is 1. The van der Waals surface area contributed by atoms with Crippen molar-refractivity contribution in [1.82, 2.24) is 14.9 Å². The molecule has 134 valence electrons. The molecule has 10 heteroatoms. The van der Waals surface area contributed by atoms with Gasteiger partial charge in [-0.15, -0.1) is 10.2 Å². The number of nitro benzene ring substituents is 1. The average Bonchev–Trinajstić information content (AvgIpc) is 3.22. The summed E-state index contributed by atoms with van der Waals surface area (Å²) < 4.78 is 7.54. The van der Waals surface area contributed by atoms with E-state index in [1.807, 2.05) is 30.3 Å². The molecule has 27 heavy (non-hydrogen) atoms. The second-order valence-electron chi connectivity index (χ2n) is 5.54. The molecule has 0 fully saturated rings. The van der Waals surface area contributed by atoms with Crippen LogP contribution in [0.3, 0.4) is 0 Å². The van der Waals surface area contributed by atoms with Crippen molar-refractivity contribution in [2.45, 2.75) is 6.23 Å². The molecule has 2 aromatic carbocycles. The zero-order valence-electron chi connectivity index (χ0n) is 13.7. The summed E-state index contributed by atoms with van der Waals surface area (Å²) in [5.74, 6) is 0.285. The first-order chi connectivity index (χ1) is 13.1. The van der Waals surface area contributed by atoms with Crippen LogP contribution >= 0.6 is 12.2 Å². The van der Waals surface area contributed by atoms with Crippen molar-refractivity contribution in [1.29, 1.82) is 0 Å². The van der Waals surface area contributed by atoms with Crippen LogP contribution in [0.1, 0.15) is 17.4 Å². The molecule has 0 amide bonds. The van der Waals surface area contributed by atoms with Gasteiger partial charge in [0.1, 0.15) is 12.7 Å². The van der Waals surface area contributed by atoms with E-state index in [2.05, 4.69) is 15.2 Å². The van der Waals surface area contributed by atoms with Crippen LogP contribution in [0.2, 0.25) is 0 Å². The molecule has 0 spiro atoms. The molecule has 0 N–H and O–H groups in total. The highest BCUT2D eigenvalue weighted by molar-refractivity contribution is 7.80. The fourth-order valence-corrected chi connectivity index (χ4v) is 2.99. The van der Waals surface area contributed by atoms with Crippen LogP contribution in [-0.2, 0) is 4.74 Å². The van der Waals surface area contributed by atoms with Crippen LogP contribution in [0.15, 0.2) is 72.2 Å². The van der Waals surface area contributed by atoms with Crippen molar-refractivity contribution < 1.29 is 9.66 Å². The Balaban J connectivity index is 1.85. The Morgan fingerprint density at radius 1 is 1.04 bits per heavy atom. The van der Waals surface area contributed by atoms with E-state index in [1.54, 1.807) is 18.2 Å². The van der Waals surface area contributed by atoms with E-state index in [-0.39, 0.29) is 16.7 Å². The molecule has 9 nitrogen and oxygen atoms in total. The smallest absolute Gasteiger partial charge is 0.278 e. The number of rotatable bonds is 4. The largest absolute Gasteiger partial charge is 0.446 e. The minimum Gasteiger partial charge on any atom is -0.446 e. The second kappa shape index (κ2) is 6.92. The van der Waals surface area contributed by atoms with E-state index in [9.17, 15) is 10.1 Å². The minimum atomic E-state index is -0.914. The maximum Gasteiger partial charge on any atom is 0.278 e. The lowest BCUT2D eigenvalue weighted by atomic mass is 10.1. The van der Waals surface area contributed by atoms with Gasteiger partial charge >= 0.3 is 0 Å². The number of aromatic nitrogens is 3. The predicted molar refractivity (Wildman–Crippen MR) is 101 cm³/mol. The van der Waals surface area contributed by atoms with E-state index in [0.29, 0.717) is 11.1 Å². The molecule has 3 aromatic rings. The molecule has 1 atom stereocenters. The van der Waals surface area contributed by atoms with Gasteiger partial charge in [0.15, 0.2) is 0 Å². The van der Waals surface area contributed by atoms with Crippen LogP contribution in [0.25, 0.3) is 0 Å².